The van der Waals surface area contributed by atoms with Gasteiger partial charge in [0.2, 0.25) is 0 Å². The van der Waals surface area contributed by atoms with E-state index >= 15 is 0 Å². The van der Waals surface area contributed by atoms with E-state index in [1.807, 2.05) is 6.92 Å². The van der Waals surface area contributed by atoms with Crippen molar-refractivity contribution in [3.63, 3.8) is 0 Å². The second kappa shape index (κ2) is 6.89. The van der Waals surface area contributed by atoms with Crippen molar-refractivity contribution in [2.45, 2.75) is 13.0 Å². The molecule has 4 nitrogen and oxygen atoms in total. The van der Waals surface area contributed by atoms with Crippen LogP contribution in [0.1, 0.15) is 17.3 Å². The molecular weight excluding hydrogens is 266 g/mol. The minimum Gasteiger partial charge on any atom is -0.458 e. The number of benzene rings is 1. The summed E-state index contributed by atoms with van der Waals surface area (Å²) in [4.78, 5) is 14.2. The molecule has 1 aromatic rings. The number of carbonyl (C=O) groups is 1. The average molecular weight is 284 g/mol. The van der Waals surface area contributed by atoms with Crippen molar-refractivity contribution in [2.75, 3.05) is 32.8 Å². The number of rotatable bonds is 4. The summed E-state index contributed by atoms with van der Waals surface area (Å²) in [5, 5.41) is 0.537. The Bertz CT molecular complexity index is 432. The lowest BCUT2D eigenvalue weighted by atomic mass is 10.2. The van der Waals surface area contributed by atoms with Crippen LogP contribution in [0.4, 0.5) is 0 Å². The first-order valence-corrected chi connectivity index (χ1v) is 6.79. The lowest BCUT2D eigenvalue weighted by Gasteiger charge is -2.28. The highest BCUT2D eigenvalue weighted by molar-refractivity contribution is 6.30. The Labute approximate surface area is 118 Å². The molecule has 104 valence electrons. The van der Waals surface area contributed by atoms with Gasteiger partial charge in [-0.3, -0.25) is 4.90 Å². The van der Waals surface area contributed by atoms with Crippen LogP contribution in [0.3, 0.4) is 0 Å². The Morgan fingerprint density at radius 1 is 1.47 bits per heavy atom. The van der Waals surface area contributed by atoms with E-state index in [-0.39, 0.29) is 12.1 Å². The van der Waals surface area contributed by atoms with Crippen LogP contribution in [0, 0.1) is 0 Å². The first-order valence-electron chi connectivity index (χ1n) is 6.42. The lowest BCUT2D eigenvalue weighted by Crippen LogP contribution is -2.41. The zero-order chi connectivity index (χ0) is 13.7. The van der Waals surface area contributed by atoms with Crippen molar-refractivity contribution in [2.24, 2.45) is 0 Å². The SMILES string of the molecule is C[C@@H](CN1CCOCC1)OC(=O)c1cccc(Cl)c1. The van der Waals surface area contributed by atoms with Crippen molar-refractivity contribution < 1.29 is 14.3 Å². The molecule has 0 aliphatic carbocycles. The molecule has 0 spiro atoms. The molecular formula is C14H18ClNO3. The third-order valence-electron chi connectivity index (χ3n) is 2.99. The molecule has 0 unspecified atom stereocenters. The van der Waals surface area contributed by atoms with Gasteiger partial charge in [0.15, 0.2) is 0 Å². The summed E-state index contributed by atoms with van der Waals surface area (Å²) in [5.41, 5.74) is 0.487. The van der Waals surface area contributed by atoms with Crippen LogP contribution >= 0.6 is 11.6 Å². The molecule has 1 aliphatic rings. The second-order valence-electron chi connectivity index (χ2n) is 4.64. The fourth-order valence-electron chi connectivity index (χ4n) is 2.05. The van der Waals surface area contributed by atoms with Crippen LogP contribution in [0.2, 0.25) is 5.02 Å². The van der Waals surface area contributed by atoms with E-state index in [0.29, 0.717) is 10.6 Å². The maximum absolute atomic E-state index is 11.9. The topological polar surface area (TPSA) is 38.8 Å². The fourth-order valence-corrected chi connectivity index (χ4v) is 2.24. The Hall–Kier alpha value is -1.10. The van der Waals surface area contributed by atoms with E-state index in [9.17, 15) is 4.79 Å². The minimum atomic E-state index is -0.330. The zero-order valence-electron chi connectivity index (χ0n) is 11.0. The lowest BCUT2D eigenvalue weighted by molar-refractivity contribution is 0.000447. The summed E-state index contributed by atoms with van der Waals surface area (Å²) in [5.74, 6) is -0.330. The van der Waals surface area contributed by atoms with E-state index in [2.05, 4.69) is 4.90 Å². The van der Waals surface area contributed by atoms with Crippen LogP contribution in [-0.2, 0) is 9.47 Å². The summed E-state index contributed by atoms with van der Waals surface area (Å²) >= 11 is 5.85. The van der Waals surface area contributed by atoms with Gasteiger partial charge in [-0.05, 0) is 25.1 Å². The summed E-state index contributed by atoms with van der Waals surface area (Å²) in [6.45, 7) is 5.90. The molecule has 1 heterocycles. The Morgan fingerprint density at radius 2 is 2.21 bits per heavy atom. The quantitative estimate of drug-likeness (QED) is 0.794. The van der Waals surface area contributed by atoms with Gasteiger partial charge in [-0.1, -0.05) is 17.7 Å². The first kappa shape index (κ1) is 14.3. The Morgan fingerprint density at radius 3 is 2.89 bits per heavy atom. The van der Waals surface area contributed by atoms with Gasteiger partial charge < -0.3 is 9.47 Å². The monoisotopic (exact) mass is 283 g/mol. The maximum Gasteiger partial charge on any atom is 0.338 e. The predicted molar refractivity (Wildman–Crippen MR) is 73.6 cm³/mol. The smallest absolute Gasteiger partial charge is 0.338 e. The van der Waals surface area contributed by atoms with Gasteiger partial charge in [0.1, 0.15) is 6.10 Å². The van der Waals surface area contributed by atoms with Gasteiger partial charge in [0.25, 0.3) is 0 Å². The summed E-state index contributed by atoms with van der Waals surface area (Å²) in [6.07, 6.45) is -0.149. The molecule has 1 aliphatic heterocycles. The third-order valence-corrected chi connectivity index (χ3v) is 3.22. The molecule has 0 bridgehead atoms. The second-order valence-corrected chi connectivity index (χ2v) is 5.08. The fraction of sp³-hybridized carbons (Fsp3) is 0.500. The Balaban J connectivity index is 1.84. The molecule has 19 heavy (non-hydrogen) atoms. The number of esters is 1. The standard InChI is InChI=1S/C14H18ClNO3/c1-11(10-16-5-7-18-8-6-16)19-14(17)12-3-2-4-13(15)9-12/h2-4,9,11H,5-8,10H2,1H3/t11-/m0/s1. The summed E-state index contributed by atoms with van der Waals surface area (Å²) < 4.78 is 10.7. The van der Waals surface area contributed by atoms with Crippen LogP contribution in [-0.4, -0.2) is 49.8 Å². The molecule has 2 rings (SSSR count). The summed E-state index contributed by atoms with van der Waals surface area (Å²) in [6, 6.07) is 6.79. The van der Waals surface area contributed by atoms with Gasteiger partial charge in [-0.2, -0.15) is 0 Å². The van der Waals surface area contributed by atoms with E-state index in [1.54, 1.807) is 24.3 Å². The van der Waals surface area contributed by atoms with Gasteiger partial charge in [-0.25, -0.2) is 4.79 Å². The summed E-state index contributed by atoms with van der Waals surface area (Å²) in [7, 11) is 0. The molecule has 1 fully saturated rings. The van der Waals surface area contributed by atoms with Crippen molar-refractivity contribution in [3.8, 4) is 0 Å². The van der Waals surface area contributed by atoms with Crippen LogP contribution < -0.4 is 0 Å². The highest BCUT2D eigenvalue weighted by Gasteiger charge is 2.17. The molecule has 0 amide bonds. The van der Waals surface area contributed by atoms with Gasteiger partial charge >= 0.3 is 5.97 Å². The van der Waals surface area contributed by atoms with Gasteiger partial charge in [0.05, 0.1) is 18.8 Å². The van der Waals surface area contributed by atoms with Crippen LogP contribution in [0.15, 0.2) is 24.3 Å². The number of halogens is 1. The molecule has 0 aromatic heterocycles. The Kier molecular flexibility index (Phi) is 5.19. The van der Waals surface area contributed by atoms with Crippen molar-refractivity contribution in [1.29, 1.82) is 0 Å². The highest BCUT2D eigenvalue weighted by Crippen LogP contribution is 2.12. The van der Waals surface area contributed by atoms with E-state index in [1.165, 1.54) is 0 Å². The number of morpholine rings is 1. The van der Waals surface area contributed by atoms with Gasteiger partial charge in [0, 0.05) is 24.7 Å². The molecule has 1 atom stereocenters. The molecule has 0 saturated carbocycles. The van der Waals surface area contributed by atoms with Crippen molar-refractivity contribution >= 4 is 17.6 Å². The van der Waals surface area contributed by atoms with E-state index in [4.69, 9.17) is 21.1 Å². The highest BCUT2D eigenvalue weighted by atomic mass is 35.5. The molecule has 0 N–H and O–H groups in total. The molecule has 5 heteroatoms. The number of hydrogen-bond acceptors (Lipinski definition) is 4. The van der Waals surface area contributed by atoms with Crippen LogP contribution in [0.5, 0.6) is 0 Å². The predicted octanol–water partition coefficient (Wildman–Crippen LogP) is 2.22. The van der Waals surface area contributed by atoms with Gasteiger partial charge in [-0.15, -0.1) is 0 Å². The minimum absolute atomic E-state index is 0.149. The van der Waals surface area contributed by atoms with E-state index in [0.717, 1.165) is 32.8 Å². The number of carbonyl (C=O) groups excluding carboxylic acids is 1. The molecule has 1 aromatic carbocycles. The third kappa shape index (κ3) is 4.49. The largest absolute Gasteiger partial charge is 0.458 e. The molecule has 0 radical (unpaired) electrons. The van der Waals surface area contributed by atoms with E-state index < -0.39 is 0 Å². The van der Waals surface area contributed by atoms with Crippen molar-refractivity contribution in [1.82, 2.24) is 4.90 Å². The molecule has 1 saturated heterocycles. The number of hydrogen-bond donors (Lipinski definition) is 0. The normalized spacial score (nSPS) is 18.0. The maximum atomic E-state index is 11.9. The average Bonchev–Trinajstić information content (AvgIpc) is 2.39. The van der Waals surface area contributed by atoms with Crippen LogP contribution in [0.25, 0.3) is 0 Å². The zero-order valence-corrected chi connectivity index (χ0v) is 11.7. The van der Waals surface area contributed by atoms with Crippen molar-refractivity contribution in [3.05, 3.63) is 34.9 Å². The number of ether oxygens (including phenoxy) is 2. The first-order chi connectivity index (χ1) is 9.15. The number of nitrogens with zero attached hydrogens (tertiary/aromatic N) is 1.